The number of sulfone groups is 1. The van der Waals surface area contributed by atoms with Gasteiger partial charge in [-0.1, -0.05) is 0 Å². The molecule has 2 N–H and O–H groups in total. The maximum Gasteiger partial charge on any atom is 0.148 e. The monoisotopic (exact) mass is 253 g/mol. The Kier molecular flexibility index (Phi) is 4.73. The van der Waals surface area contributed by atoms with E-state index in [9.17, 15) is 12.6 Å². The maximum absolute atomic E-state index is 11.8. The first-order valence-electron chi connectivity index (χ1n) is 5.19. The van der Waals surface area contributed by atoms with E-state index >= 15 is 0 Å². The highest BCUT2D eigenvalue weighted by Crippen LogP contribution is 2.21. The Morgan fingerprint density at radius 3 is 2.27 bits per heavy atom. The van der Waals surface area contributed by atoms with Crippen LogP contribution in [0.3, 0.4) is 0 Å². The van der Waals surface area contributed by atoms with Crippen molar-refractivity contribution in [3.63, 3.8) is 0 Å². The smallest absolute Gasteiger partial charge is 0.148 e. The summed E-state index contributed by atoms with van der Waals surface area (Å²) in [5.74, 6) is 0.306. The first-order chi connectivity index (χ1) is 6.88. The Bertz CT molecular complexity index is 318. The van der Waals surface area contributed by atoms with E-state index in [4.69, 9.17) is 5.73 Å². The standard InChI is InChI=1S/C9H19NO3S2/c1-15(12,13)7-6-14(11)9-4-2-8(10)3-5-9/h8-9H,2-7,10H2,1H3. The lowest BCUT2D eigenvalue weighted by Gasteiger charge is -2.25. The average molecular weight is 253 g/mol. The molecular formula is C9H19NO3S2. The van der Waals surface area contributed by atoms with Gasteiger partial charge < -0.3 is 5.73 Å². The molecule has 4 nitrogen and oxygen atoms in total. The van der Waals surface area contributed by atoms with Crippen LogP contribution in [-0.2, 0) is 20.6 Å². The van der Waals surface area contributed by atoms with Crippen molar-refractivity contribution in [2.75, 3.05) is 17.8 Å². The van der Waals surface area contributed by atoms with Crippen molar-refractivity contribution in [1.29, 1.82) is 0 Å². The fourth-order valence-electron chi connectivity index (χ4n) is 1.75. The molecule has 0 spiro atoms. The number of hydrogen-bond acceptors (Lipinski definition) is 4. The lowest BCUT2D eigenvalue weighted by atomic mass is 9.96. The first kappa shape index (κ1) is 13.1. The van der Waals surface area contributed by atoms with Crippen LogP contribution in [-0.4, -0.2) is 41.7 Å². The third-order valence-corrected chi connectivity index (χ3v) is 5.77. The predicted octanol–water partition coefficient (Wildman–Crippen LogP) is 0.0496. The van der Waals surface area contributed by atoms with E-state index in [-0.39, 0.29) is 22.8 Å². The van der Waals surface area contributed by atoms with Crippen LogP contribution in [0.25, 0.3) is 0 Å². The fraction of sp³-hybridized carbons (Fsp3) is 1.00. The molecule has 1 saturated carbocycles. The second kappa shape index (κ2) is 5.41. The maximum atomic E-state index is 11.8. The van der Waals surface area contributed by atoms with Gasteiger partial charge in [0.25, 0.3) is 0 Å². The van der Waals surface area contributed by atoms with Crippen LogP contribution >= 0.6 is 0 Å². The van der Waals surface area contributed by atoms with E-state index in [2.05, 4.69) is 0 Å². The minimum Gasteiger partial charge on any atom is -0.328 e. The van der Waals surface area contributed by atoms with E-state index in [0.717, 1.165) is 25.7 Å². The van der Waals surface area contributed by atoms with Crippen molar-refractivity contribution in [3.8, 4) is 0 Å². The molecule has 1 fully saturated rings. The van der Waals surface area contributed by atoms with Crippen molar-refractivity contribution < 1.29 is 12.6 Å². The summed E-state index contributed by atoms with van der Waals surface area (Å²) in [6.45, 7) is 0. The Morgan fingerprint density at radius 2 is 1.80 bits per heavy atom. The number of hydrogen-bond donors (Lipinski definition) is 1. The largest absolute Gasteiger partial charge is 0.328 e. The van der Waals surface area contributed by atoms with Gasteiger partial charge in [0.1, 0.15) is 9.84 Å². The Morgan fingerprint density at radius 1 is 1.27 bits per heavy atom. The van der Waals surface area contributed by atoms with E-state index in [1.807, 2.05) is 0 Å². The van der Waals surface area contributed by atoms with Crippen molar-refractivity contribution in [2.45, 2.75) is 37.0 Å². The molecule has 6 heteroatoms. The first-order valence-corrected chi connectivity index (χ1v) is 8.63. The molecule has 0 radical (unpaired) electrons. The molecule has 1 unspecified atom stereocenters. The Labute approximate surface area is 94.0 Å². The highest BCUT2D eigenvalue weighted by atomic mass is 32.2. The fourth-order valence-corrected chi connectivity index (χ4v) is 4.75. The quantitative estimate of drug-likeness (QED) is 0.768. The zero-order valence-corrected chi connectivity index (χ0v) is 10.6. The van der Waals surface area contributed by atoms with Crippen LogP contribution in [0, 0.1) is 0 Å². The third-order valence-electron chi connectivity index (χ3n) is 2.75. The summed E-state index contributed by atoms with van der Waals surface area (Å²) in [4.78, 5) is 0. The summed E-state index contributed by atoms with van der Waals surface area (Å²) >= 11 is 0. The average Bonchev–Trinajstić information content (AvgIpc) is 2.14. The van der Waals surface area contributed by atoms with Gasteiger partial charge in [-0.15, -0.1) is 0 Å². The van der Waals surface area contributed by atoms with Crippen LogP contribution in [0.2, 0.25) is 0 Å². The van der Waals surface area contributed by atoms with Crippen LogP contribution in [0.4, 0.5) is 0 Å². The highest BCUT2D eigenvalue weighted by molar-refractivity contribution is 7.92. The summed E-state index contributed by atoms with van der Waals surface area (Å²) in [6.07, 6.45) is 4.75. The zero-order valence-electron chi connectivity index (χ0n) is 9.02. The molecule has 0 saturated heterocycles. The van der Waals surface area contributed by atoms with Crippen molar-refractivity contribution in [2.24, 2.45) is 5.73 Å². The van der Waals surface area contributed by atoms with Crippen LogP contribution in [0.5, 0.6) is 0 Å². The van der Waals surface area contributed by atoms with Gasteiger partial charge in [-0.05, 0) is 25.7 Å². The van der Waals surface area contributed by atoms with Gasteiger partial charge in [-0.2, -0.15) is 0 Å². The van der Waals surface area contributed by atoms with Crippen molar-refractivity contribution in [1.82, 2.24) is 0 Å². The lowest BCUT2D eigenvalue weighted by Crippen LogP contribution is -2.32. The van der Waals surface area contributed by atoms with Gasteiger partial charge in [0.2, 0.25) is 0 Å². The molecule has 0 aliphatic heterocycles. The molecule has 0 aromatic carbocycles. The van der Waals surface area contributed by atoms with E-state index in [1.165, 1.54) is 6.26 Å². The molecule has 0 amide bonds. The molecule has 1 rings (SSSR count). The van der Waals surface area contributed by atoms with Crippen LogP contribution < -0.4 is 5.73 Å². The summed E-state index contributed by atoms with van der Waals surface area (Å²) in [5.41, 5.74) is 5.75. The molecular weight excluding hydrogens is 234 g/mol. The van der Waals surface area contributed by atoms with Crippen LogP contribution in [0.15, 0.2) is 0 Å². The minimum atomic E-state index is -2.99. The van der Waals surface area contributed by atoms with Gasteiger partial charge in [-0.25, -0.2) is 8.42 Å². The lowest BCUT2D eigenvalue weighted by molar-refractivity contribution is 0.444. The van der Waals surface area contributed by atoms with Gasteiger partial charge in [0.05, 0.1) is 5.75 Å². The second-order valence-electron chi connectivity index (χ2n) is 4.25. The highest BCUT2D eigenvalue weighted by Gasteiger charge is 2.23. The van der Waals surface area contributed by atoms with Crippen LogP contribution in [0.1, 0.15) is 25.7 Å². The molecule has 1 aliphatic rings. The number of rotatable bonds is 4. The summed E-state index contributed by atoms with van der Waals surface area (Å²) in [6, 6.07) is 0.244. The van der Waals surface area contributed by atoms with Crippen molar-refractivity contribution in [3.05, 3.63) is 0 Å². The molecule has 1 atom stereocenters. The van der Waals surface area contributed by atoms with Gasteiger partial charge in [0, 0.05) is 34.1 Å². The van der Waals surface area contributed by atoms with Gasteiger partial charge >= 0.3 is 0 Å². The van der Waals surface area contributed by atoms with Gasteiger partial charge in [0.15, 0.2) is 0 Å². The Balaban J connectivity index is 2.35. The molecule has 15 heavy (non-hydrogen) atoms. The normalized spacial score (nSPS) is 30.0. The SMILES string of the molecule is CS(=O)(=O)CCS(=O)C1CCC(N)CC1. The van der Waals surface area contributed by atoms with Gasteiger partial charge in [-0.3, -0.25) is 4.21 Å². The molecule has 0 aromatic rings. The van der Waals surface area contributed by atoms with Crippen molar-refractivity contribution >= 4 is 20.6 Å². The summed E-state index contributed by atoms with van der Waals surface area (Å²) < 4.78 is 33.6. The summed E-state index contributed by atoms with van der Waals surface area (Å²) in [5, 5.41) is 0.159. The van der Waals surface area contributed by atoms with E-state index in [1.54, 1.807) is 0 Å². The predicted molar refractivity (Wildman–Crippen MR) is 63.0 cm³/mol. The molecule has 0 heterocycles. The third kappa shape index (κ3) is 5.08. The molecule has 0 bridgehead atoms. The molecule has 90 valence electrons. The molecule has 0 aromatic heterocycles. The zero-order chi connectivity index (χ0) is 11.5. The van der Waals surface area contributed by atoms with E-state index < -0.39 is 20.6 Å². The molecule has 1 aliphatic carbocycles. The second-order valence-corrected chi connectivity index (χ2v) is 8.35. The van der Waals surface area contributed by atoms with E-state index in [0.29, 0.717) is 0 Å². The summed E-state index contributed by atoms with van der Waals surface area (Å²) in [7, 11) is -3.99. The topological polar surface area (TPSA) is 77.2 Å². The number of nitrogens with two attached hydrogens (primary N) is 1. The minimum absolute atomic E-state index is 0.0299. The Hall–Kier alpha value is 0.0600.